The lowest BCUT2D eigenvalue weighted by atomic mass is 10.2. The third-order valence-corrected chi connectivity index (χ3v) is 7.49. The molecule has 3 rings (SSSR count). The molecule has 0 unspecified atom stereocenters. The summed E-state index contributed by atoms with van der Waals surface area (Å²) >= 11 is 7.41. The number of benzene rings is 2. The van der Waals surface area contributed by atoms with Crippen molar-refractivity contribution in [2.75, 3.05) is 12.3 Å². The molecule has 0 aliphatic carbocycles. The van der Waals surface area contributed by atoms with E-state index >= 15 is 0 Å². The molecule has 2 aromatic carbocycles. The molecule has 0 aromatic heterocycles. The summed E-state index contributed by atoms with van der Waals surface area (Å²) in [6.07, 6.45) is 0. The molecule has 1 aliphatic heterocycles. The summed E-state index contributed by atoms with van der Waals surface area (Å²) in [6, 6.07) is 11.0. The zero-order chi connectivity index (χ0) is 18.2. The molecule has 2 aromatic rings. The van der Waals surface area contributed by atoms with Gasteiger partial charge in [0.2, 0.25) is 10.0 Å². The predicted molar refractivity (Wildman–Crippen MR) is 98.4 cm³/mol. The maximum absolute atomic E-state index is 13.0. The number of aryl methyl sites for hydroxylation is 1. The summed E-state index contributed by atoms with van der Waals surface area (Å²) in [5, 5.41) is 11.3. The minimum absolute atomic E-state index is 0.0636. The van der Waals surface area contributed by atoms with Gasteiger partial charge in [-0.05, 0) is 30.7 Å². The first kappa shape index (κ1) is 18.2. The molecule has 0 saturated carbocycles. The fraction of sp³-hybridized carbons (Fsp3) is 0.250. The monoisotopic (exact) mass is 398 g/mol. The Balaban J connectivity index is 2.00. The summed E-state index contributed by atoms with van der Waals surface area (Å²) in [4.78, 5) is 10.5. The second kappa shape index (κ2) is 6.95. The summed E-state index contributed by atoms with van der Waals surface area (Å²) in [6.45, 7) is 1.93. The number of thioether (sulfide) groups is 1. The first-order valence-electron chi connectivity index (χ1n) is 7.44. The standard InChI is InChI=1S/C16H15ClN2O4S2/c1-11-2-7-14(10-15(11)19(20)21)25(22,23)18-8-9-24-16(18)12-3-5-13(17)6-4-12/h2-7,10,16H,8-9H2,1H3/t16-/m0/s1. The lowest BCUT2D eigenvalue weighted by Gasteiger charge is -2.23. The van der Waals surface area contributed by atoms with Crippen molar-refractivity contribution in [3.05, 3.63) is 68.7 Å². The SMILES string of the molecule is Cc1ccc(S(=O)(=O)N2CCS[C@H]2c2ccc(Cl)cc2)cc1[N+](=O)[O-]. The van der Waals surface area contributed by atoms with Crippen LogP contribution in [0.3, 0.4) is 0 Å². The fourth-order valence-corrected chi connectivity index (χ4v) is 6.06. The molecule has 1 heterocycles. The average molecular weight is 399 g/mol. The number of nitro benzene ring substituents is 1. The van der Waals surface area contributed by atoms with Crippen molar-refractivity contribution in [1.82, 2.24) is 4.31 Å². The zero-order valence-electron chi connectivity index (χ0n) is 13.3. The number of nitrogens with zero attached hydrogens (tertiary/aromatic N) is 2. The maximum Gasteiger partial charge on any atom is 0.273 e. The van der Waals surface area contributed by atoms with E-state index in [0.717, 1.165) is 11.6 Å². The van der Waals surface area contributed by atoms with Gasteiger partial charge in [0.15, 0.2) is 0 Å². The van der Waals surface area contributed by atoms with Crippen LogP contribution >= 0.6 is 23.4 Å². The van der Waals surface area contributed by atoms with E-state index < -0.39 is 14.9 Å². The van der Waals surface area contributed by atoms with Crippen LogP contribution in [0.15, 0.2) is 47.4 Å². The largest absolute Gasteiger partial charge is 0.273 e. The highest BCUT2D eigenvalue weighted by molar-refractivity contribution is 8.01. The third-order valence-electron chi connectivity index (χ3n) is 3.99. The second-order valence-electron chi connectivity index (χ2n) is 5.60. The Bertz CT molecular complexity index is 916. The predicted octanol–water partition coefficient (Wildman–Crippen LogP) is 3.99. The molecule has 1 atom stereocenters. The molecule has 0 spiro atoms. The van der Waals surface area contributed by atoms with Gasteiger partial charge in [0.1, 0.15) is 0 Å². The number of hydrogen-bond acceptors (Lipinski definition) is 5. The summed E-state index contributed by atoms with van der Waals surface area (Å²) < 4.78 is 27.5. The summed E-state index contributed by atoms with van der Waals surface area (Å²) in [7, 11) is -3.84. The highest BCUT2D eigenvalue weighted by atomic mass is 35.5. The van der Waals surface area contributed by atoms with Crippen LogP contribution in [-0.2, 0) is 10.0 Å². The van der Waals surface area contributed by atoms with Gasteiger partial charge in [-0.15, -0.1) is 11.8 Å². The number of halogens is 1. The van der Waals surface area contributed by atoms with Gasteiger partial charge >= 0.3 is 0 Å². The highest BCUT2D eigenvalue weighted by Crippen LogP contribution is 2.42. The van der Waals surface area contributed by atoms with Crippen molar-refractivity contribution in [3.8, 4) is 0 Å². The van der Waals surface area contributed by atoms with Crippen LogP contribution in [0.4, 0.5) is 5.69 Å². The molecule has 0 N–H and O–H groups in total. The van der Waals surface area contributed by atoms with Gasteiger partial charge in [-0.2, -0.15) is 4.31 Å². The lowest BCUT2D eigenvalue weighted by molar-refractivity contribution is -0.385. The average Bonchev–Trinajstić information content (AvgIpc) is 3.06. The van der Waals surface area contributed by atoms with Crippen molar-refractivity contribution in [2.24, 2.45) is 0 Å². The van der Waals surface area contributed by atoms with Gasteiger partial charge in [-0.3, -0.25) is 10.1 Å². The molecule has 0 radical (unpaired) electrons. The van der Waals surface area contributed by atoms with E-state index in [2.05, 4.69) is 0 Å². The smallest absolute Gasteiger partial charge is 0.258 e. The number of sulfonamides is 1. The topological polar surface area (TPSA) is 80.5 Å². The van der Waals surface area contributed by atoms with E-state index in [9.17, 15) is 18.5 Å². The third kappa shape index (κ3) is 3.52. The van der Waals surface area contributed by atoms with Crippen LogP contribution in [0.1, 0.15) is 16.5 Å². The minimum atomic E-state index is -3.84. The van der Waals surface area contributed by atoms with Crippen LogP contribution in [0.25, 0.3) is 0 Å². The second-order valence-corrected chi connectivity index (χ2v) is 9.11. The van der Waals surface area contributed by atoms with E-state index in [0.29, 0.717) is 22.9 Å². The molecule has 132 valence electrons. The molecule has 1 fully saturated rings. The Morgan fingerprint density at radius 3 is 2.56 bits per heavy atom. The van der Waals surface area contributed by atoms with Gasteiger partial charge in [0.05, 0.1) is 15.2 Å². The Morgan fingerprint density at radius 2 is 1.92 bits per heavy atom. The normalized spacial score (nSPS) is 18.4. The molecule has 9 heteroatoms. The zero-order valence-corrected chi connectivity index (χ0v) is 15.6. The van der Waals surface area contributed by atoms with Crippen molar-refractivity contribution in [2.45, 2.75) is 17.2 Å². The Labute approximate surface area is 155 Å². The quantitative estimate of drug-likeness (QED) is 0.574. The highest BCUT2D eigenvalue weighted by Gasteiger charge is 2.37. The Hall–Kier alpha value is -1.61. The van der Waals surface area contributed by atoms with Crippen LogP contribution in [0.5, 0.6) is 0 Å². The summed E-state index contributed by atoms with van der Waals surface area (Å²) in [5.41, 5.74) is 1.06. The molecule has 1 aliphatic rings. The van der Waals surface area contributed by atoms with Crippen LogP contribution in [-0.4, -0.2) is 29.9 Å². The van der Waals surface area contributed by atoms with Crippen molar-refractivity contribution in [1.29, 1.82) is 0 Å². The van der Waals surface area contributed by atoms with Crippen LogP contribution in [0.2, 0.25) is 5.02 Å². The number of nitro groups is 1. The van der Waals surface area contributed by atoms with Crippen LogP contribution < -0.4 is 0 Å². The van der Waals surface area contributed by atoms with E-state index in [-0.39, 0.29) is 16.0 Å². The minimum Gasteiger partial charge on any atom is -0.258 e. The van der Waals surface area contributed by atoms with Gasteiger partial charge in [-0.25, -0.2) is 8.42 Å². The molecular weight excluding hydrogens is 384 g/mol. The molecule has 1 saturated heterocycles. The fourth-order valence-electron chi connectivity index (χ4n) is 2.67. The summed E-state index contributed by atoms with van der Waals surface area (Å²) in [5.74, 6) is 0.653. The van der Waals surface area contributed by atoms with E-state index in [1.165, 1.54) is 28.2 Å². The van der Waals surface area contributed by atoms with Gasteiger partial charge < -0.3 is 0 Å². The van der Waals surface area contributed by atoms with Crippen molar-refractivity contribution < 1.29 is 13.3 Å². The van der Waals surface area contributed by atoms with Crippen molar-refractivity contribution in [3.63, 3.8) is 0 Å². The van der Waals surface area contributed by atoms with Gasteiger partial charge in [0, 0.05) is 29.0 Å². The van der Waals surface area contributed by atoms with Gasteiger partial charge in [0.25, 0.3) is 5.69 Å². The first-order chi connectivity index (χ1) is 11.8. The molecule has 0 bridgehead atoms. The van der Waals surface area contributed by atoms with E-state index in [1.54, 1.807) is 31.2 Å². The number of hydrogen-bond donors (Lipinski definition) is 0. The first-order valence-corrected chi connectivity index (χ1v) is 10.3. The van der Waals surface area contributed by atoms with Crippen molar-refractivity contribution >= 4 is 39.1 Å². The van der Waals surface area contributed by atoms with E-state index in [1.807, 2.05) is 0 Å². The van der Waals surface area contributed by atoms with Gasteiger partial charge in [-0.1, -0.05) is 29.8 Å². The maximum atomic E-state index is 13.0. The van der Waals surface area contributed by atoms with E-state index in [4.69, 9.17) is 11.6 Å². The Kier molecular flexibility index (Phi) is 5.06. The molecule has 25 heavy (non-hydrogen) atoms. The van der Waals surface area contributed by atoms with Crippen LogP contribution in [0, 0.1) is 17.0 Å². The molecular formula is C16H15ClN2O4S2. The lowest BCUT2D eigenvalue weighted by Crippen LogP contribution is -2.30. The Morgan fingerprint density at radius 1 is 1.24 bits per heavy atom. The molecule has 6 nitrogen and oxygen atoms in total. The molecule has 0 amide bonds. The number of rotatable bonds is 4.